The Kier molecular flexibility index (Phi) is 4.44. The fourth-order valence-corrected chi connectivity index (χ4v) is 2.71. The second-order valence-electron chi connectivity index (χ2n) is 4.34. The summed E-state index contributed by atoms with van der Waals surface area (Å²) < 4.78 is 13.5. The van der Waals surface area contributed by atoms with Gasteiger partial charge in [0.2, 0.25) is 0 Å². The van der Waals surface area contributed by atoms with Gasteiger partial charge in [0.15, 0.2) is 0 Å². The highest BCUT2D eigenvalue weighted by Crippen LogP contribution is 2.22. The summed E-state index contributed by atoms with van der Waals surface area (Å²) >= 11 is 1.64. The molecule has 0 spiro atoms. The lowest BCUT2D eigenvalue weighted by atomic mass is 10.0. The summed E-state index contributed by atoms with van der Waals surface area (Å²) in [6.45, 7) is 4.84. The number of likely N-dealkylation sites (N-methyl/N-ethyl adjacent to an activating group) is 1. The van der Waals surface area contributed by atoms with Crippen LogP contribution >= 0.6 is 11.3 Å². The van der Waals surface area contributed by atoms with Crippen LogP contribution in [0.15, 0.2) is 29.9 Å². The molecule has 0 amide bonds. The highest BCUT2D eigenvalue weighted by atomic mass is 32.1. The van der Waals surface area contributed by atoms with Gasteiger partial charge >= 0.3 is 0 Å². The van der Waals surface area contributed by atoms with Crippen LogP contribution in [0.4, 0.5) is 4.39 Å². The number of thiazole rings is 1. The predicted molar refractivity (Wildman–Crippen MR) is 73.4 cm³/mol. The number of nitrogens with zero attached hydrogens (tertiary/aromatic N) is 1. The van der Waals surface area contributed by atoms with Crippen molar-refractivity contribution < 1.29 is 4.39 Å². The Labute approximate surface area is 111 Å². The normalized spacial score (nSPS) is 12.6. The zero-order valence-electron chi connectivity index (χ0n) is 10.6. The minimum absolute atomic E-state index is 0.143. The standard InChI is InChI=1S/C14H17FN2S/c1-3-17-14(7-13-8-16-9-18-13)11-4-10(2)5-12(15)6-11/h4-6,8-9,14,17H,3,7H2,1-2H3. The minimum atomic E-state index is -0.169. The summed E-state index contributed by atoms with van der Waals surface area (Å²) in [5, 5.41) is 3.40. The van der Waals surface area contributed by atoms with E-state index in [1.165, 1.54) is 4.88 Å². The van der Waals surface area contributed by atoms with Crippen molar-refractivity contribution in [2.24, 2.45) is 0 Å². The molecule has 0 aliphatic heterocycles. The van der Waals surface area contributed by atoms with Crippen LogP contribution in [0.1, 0.15) is 29.0 Å². The van der Waals surface area contributed by atoms with Crippen molar-refractivity contribution in [2.45, 2.75) is 26.3 Å². The highest BCUT2D eigenvalue weighted by molar-refractivity contribution is 7.09. The Hall–Kier alpha value is -1.26. The summed E-state index contributed by atoms with van der Waals surface area (Å²) in [6, 6.07) is 5.35. The molecule has 0 saturated heterocycles. The first kappa shape index (κ1) is 13.2. The van der Waals surface area contributed by atoms with Crippen molar-refractivity contribution in [3.05, 3.63) is 51.7 Å². The van der Waals surface area contributed by atoms with Gasteiger partial charge in [-0.2, -0.15) is 0 Å². The van der Waals surface area contributed by atoms with Crippen LogP contribution in [-0.2, 0) is 6.42 Å². The maximum atomic E-state index is 13.5. The van der Waals surface area contributed by atoms with Crippen LogP contribution in [0.2, 0.25) is 0 Å². The fourth-order valence-electron chi connectivity index (χ4n) is 2.06. The van der Waals surface area contributed by atoms with Crippen LogP contribution < -0.4 is 5.32 Å². The number of hydrogen-bond donors (Lipinski definition) is 1. The lowest BCUT2D eigenvalue weighted by molar-refractivity contribution is 0.545. The monoisotopic (exact) mass is 264 g/mol. The van der Waals surface area contributed by atoms with Gasteiger partial charge in [0.25, 0.3) is 0 Å². The van der Waals surface area contributed by atoms with Crippen LogP contribution in [-0.4, -0.2) is 11.5 Å². The molecule has 96 valence electrons. The molecule has 2 aromatic rings. The molecule has 1 N–H and O–H groups in total. The number of hydrogen-bond acceptors (Lipinski definition) is 3. The summed E-state index contributed by atoms with van der Waals surface area (Å²) in [4.78, 5) is 5.29. The summed E-state index contributed by atoms with van der Waals surface area (Å²) in [5.74, 6) is -0.169. The number of halogens is 1. The lowest BCUT2D eigenvalue weighted by Crippen LogP contribution is -2.22. The predicted octanol–water partition coefficient (Wildman–Crippen LogP) is 3.48. The second-order valence-corrected chi connectivity index (χ2v) is 5.31. The molecule has 1 aromatic carbocycles. The molecule has 0 fully saturated rings. The molecule has 1 unspecified atom stereocenters. The Morgan fingerprint density at radius 2 is 2.22 bits per heavy atom. The van der Waals surface area contributed by atoms with Crippen molar-refractivity contribution in [2.75, 3.05) is 6.54 Å². The van der Waals surface area contributed by atoms with Gasteiger partial charge in [-0.1, -0.05) is 13.0 Å². The van der Waals surface area contributed by atoms with Crippen LogP contribution in [0.5, 0.6) is 0 Å². The molecular weight excluding hydrogens is 247 g/mol. The molecular formula is C14H17FN2S. The van der Waals surface area contributed by atoms with Crippen LogP contribution in [0.25, 0.3) is 0 Å². The number of benzene rings is 1. The first-order valence-corrected chi connectivity index (χ1v) is 6.95. The molecule has 0 bridgehead atoms. The molecule has 0 aliphatic rings. The third-order valence-electron chi connectivity index (χ3n) is 2.81. The van der Waals surface area contributed by atoms with Gasteiger partial charge in [-0.05, 0) is 36.7 Å². The molecule has 1 aromatic heterocycles. The van der Waals surface area contributed by atoms with Gasteiger partial charge in [0.05, 0.1) is 5.51 Å². The Morgan fingerprint density at radius 3 is 2.83 bits per heavy atom. The maximum Gasteiger partial charge on any atom is 0.123 e. The van der Waals surface area contributed by atoms with E-state index >= 15 is 0 Å². The van der Waals surface area contributed by atoms with Gasteiger partial charge in [0.1, 0.15) is 5.82 Å². The van der Waals surface area contributed by atoms with E-state index in [1.807, 2.05) is 24.7 Å². The molecule has 2 rings (SSSR count). The van der Waals surface area contributed by atoms with Crippen molar-refractivity contribution in [3.8, 4) is 0 Å². The first-order valence-electron chi connectivity index (χ1n) is 6.07. The van der Waals surface area contributed by atoms with E-state index in [1.54, 1.807) is 23.5 Å². The topological polar surface area (TPSA) is 24.9 Å². The zero-order valence-corrected chi connectivity index (χ0v) is 11.4. The van der Waals surface area contributed by atoms with Crippen LogP contribution in [0.3, 0.4) is 0 Å². The maximum absolute atomic E-state index is 13.5. The van der Waals surface area contributed by atoms with Gasteiger partial charge in [-0.3, -0.25) is 4.98 Å². The van der Waals surface area contributed by atoms with E-state index in [0.29, 0.717) is 0 Å². The van der Waals surface area contributed by atoms with Gasteiger partial charge in [-0.25, -0.2) is 4.39 Å². The Bertz CT molecular complexity index is 476. The molecule has 0 aliphatic carbocycles. The molecule has 18 heavy (non-hydrogen) atoms. The summed E-state index contributed by atoms with van der Waals surface area (Å²) in [6.07, 6.45) is 2.72. The Balaban J connectivity index is 2.23. The largest absolute Gasteiger partial charge is 0.310 e. The number of rotatable bonds is 5. The number of nitrogens with one attached hydrogen (secondary N) is 1. The van der Waals surface area contributed by atoms with Crippen molar-refractivity contribution in [3.63, 3.8) is 0 Å². The SMILES string of the molecule is CCNC(Cc1cncs1)c1cc(C)cc(F)c1. The molecule has 4 heteroatoms. The quantitative estimate of drug-likeness (QED) is 0.894. The lowest BCUT2D eigenvalue weighted by Gasteiger charge is -2.18. The molecule has 1 heterocycles. The molecule has 2 nitrogen and oxygen atoms in total. The van der Waals surface area contributed by atoms with E-state index < -0.39 is 0 Å². The highest BCUT2D eigenvalue weighted by Gasteiger charge is 2.13. The third kappa shape index (κ3) is 3.37. The fraction of sp³-hybridized carbons (Fsp3) is 0.357. The first-order chi connectivity index (χ1) is 8.69. The average molecular weight is 264 g/mol. The van der Waals surface area contributed by atoms with Crippen molar-refractivity contribution in [1.82, 2.24) is 10.3 Å². The molecule has 0 radical (unpaired) electrons. The number of aryl methyl sites for hydroxylation is 1. The van der Waals surface area contributed by atoms with Crippen LogP contribution in [0, 0.1) is 12.7 Å². The summed E-state index contributed by atoms with van der Waals surface area (Å²) in [7, 11) is 0. The van der Waals surface area contributed by atoms with Crippen molar-refractivity contribution >= 4 is 11.3 Å². The van der Waals surface area contributed by atoms with E-state index in [0.717, 1.165) is 24.1 Å². The number of aromatic nitrogens is 1. The van der Waals surface area contributed by atoms with Gasteiger partial charge in [-0.15, -0.1) is 11.3 Å². The minimum Gasteiger partial charge on any atom is -0.310 e. The zero-order chi connectivity index (χ0) is 13.0. The van der Waals surface area contributed by atoms with Gasteiger partial charge < -0.3 is 5.32 Å². The average Bonchev–Trinajstić information content (AvgIpc) is 2.80. The van der Waals surface area contributed by atoms with E-state index in [4.69, 9.17) is 0 Å². The van der Waals surface area contributed by atoms with E-state index in [2.05, 4.69) is 17.2 Å². The second kappa shape index (κ2) is 6.07. The van der Waals surface area contributed by atoms with E-state index in [9.17, 15) is 4.39 Å². The smallest absolute Gasteiger partial charge is 0.123 e. The van der Waals surface area contributed by atoms with E-state index in [-0.39, 0.29) is 11.9 Å². The molecule has 0 saturated carbocycles. The Morgan fingerprint density at radius 1 is 1.39 bits per heavy atom. The molecule has 1 atom stereocenters. The van der Waals surface area contributed by atoms with Crippen molar-refractivity contribution in [1.29, 1.82) is 0 Å². The third-order valence-corrected chi connectivity index (χ3v) is 3.61. The summed E-state index contributed by atoms with van der Waals surface area (Å²) in [5.41, 5.74) is 3.79. The van der Waals surface area contributed by atoms with Gasteiger partial charge in [0, 0.05) is 23.5 Å².